The highest BCUT2D eigenvalue weighted by Crippen LogP contribution is 2.31. The molecule has 0 aliphatic carbocycles. The van der Waals surface area contributed by atoms with Gasteiger partial charge in [-0.1, -0.05) is 19.9 Å². The van der Waals surface area contributed by atoms with Crippen molar-refractivity contribution in [1.29, 1.82) is 0 Å². The lowest BCUT2D eigenvalue weighted by Crippen LogP contribution is -2.37. The predicted octanol–water partition coefficient (Wildman–Crippen LogP) is 3.80. The minimum Gasteiger partial charge on any atom is -0.486 e. The van der Waals surface area contributed by atoms with Crippen LogP contribution in [-0.4, -0.2) is 49.7 Å². The Labute approximate surface area is 169 Å². The average molecular weight is 389 g/mol. The molecule has 5 nitrogen and oxygen atoms in total. The van der Waals surface area contributed by atoms with Gasteiger partial charge in [0.2, 0.25) is 5.91 Å². The van der Waals surface area contributed by atoms with Gasteiger partial charge in [0.25, 0.3) is 0 Å². The van der Waals surface area contributed by atoms with Crippen molar-refractivity contribution in [3.8, 4) is 11.5 Å². The number of fused-ring (bicyclic) bond motifs is 1. The van der Waals surface area contributed by atoms with Crippen molar-refractivity contribution in [3.63, 3.8) is 0 Å². The third-order valence-corrected chi connectivity index (χ3v) is 5.97. The highest BCUT2D eigenvalue weighted by molar-refractivity contribution is 5.76. The number of nitrogens with one attached hydrogen (secondary N) is 1. The van der Waals surface area contributed by atoms with E-state index in [4.69, 9.17) is 9.47 Å². The molecule has 1 N–H and O–H groups in total. The molecule has 1 aromatic rings. The smallest absolute Gasteiger partial charge is 0.222 e. The molecular weight excluding hydrogens is 352 g/mol. The number of hydrogen-bond acceptors (Lipinski definition) is 4. The summed E-state index contributed by atoms with van der Waals surface area (Å²) in [6.07, 6.45) is 7.34. The van der Waals surface area contributed by atoms with E-state index in [1.807, 2.05) is 11.0 Å². The van der Waals surface area contributed by atoms with E-state index in [1.54, 1.807) is 0 Å². The normalized spacial score (nSPS) is 18.8. The van der Waals surface area contributed by atoms with Crippen LogP contribution in [0.1, 0.15) is 57.9 Å². The van der Waals surface area contributed by atoms with E-state index in [9.17, 15) is 4.79 Å². The highest BCUT2D eigenvalue weighted by Gasteiger charge is 2.19. The van der Waals surface area contributed by atoms with E-state index in [2.05, 4.69) is 31.3 Å². The van der Waals surface area contributed by atoms with E-state index in [1.165, 1.54) is 12.0 Å². The van der Waals surface area contributed by atoms with E-state index in [0.29, 0.717) is 31.1 Å². The fraction of sp³-hybridized carbons (Fsp3) is 0.696. The third kappa shape index (κ3) is 5.87. The second-order valence-electron chi connectivity index (χ2n) is 8.17. The monoisotopic (exact) mass is 388 g/mol. The summed E-state index contributed by atoms with van der Waals surface area (Å²) in [4.78, 5) is 13.9. The minimum absolute atomic E-state index is 0.346. The second-order valence-corrected chi connectivity index (χ2v) is 8.17. The van der Waals surface area contributed by atoms with Gasteiger partial charge in [0.15, 0.2) is 11.5 Å². The Morgan fingerprint density at radius 1 is 1.14 bits per heavy atom. The van der Waals surface area contributed by atoms with Gasteiger partial charge in [-0.2, -0.15) is 0 Å². The molecule has 0 spiro atoms. The van der Waals surface area contributed by atoms with E-state index in [-0.39, 0.29) is 0 Å². The summed E-state index contributed by atoms with van der Waals surface area (Å²) in [5.41, 5.74) is 1.31. The summed E-state index contributed by atoms with van der Waals surface area (Å²) in [5, 5.41) is 3.74. The quantitative estimate of drug-likeness (QED) is 0.620. The van der Waals surface area contributed by atoms with E-state index < -0.39 is 0 Å². The van der Waals surface area contributed by atoms with Crippen molar-refractivity contribution < 1.29 is 14.3 Å². The lowest BCUT2D eigenvalue weighted by molar-refractivity contribution is -0.133. The molecule has 156 valence electrons. The van der Waals surface area contributed by atoms with Crippen LogP contribution in [0.2, 0.25) is 0 Å². The number of rotatable bonds is 10. The first-order chi connectivity index (χ1) is 13.7. The number of ether oxygens (including phenoxy) is 2. The van der Waals surface area contributed by atoms with Crippen molar-refractivity contribution in [2.24, 2.45) is 5.92 Å². The van der Waals surface area contributed by atoms with Crippen LogP contribution >= 0.6 is 0 Å². The Bertz CT molecular complexity index is 634. The van der Waals surface area contributed by atoms with Gasteiger partial charge in [0, 0.05) is 25.6 Å². The SMILES string of the molecule is CCC(NCCCCN1CCCCC1=O)C(C)Cc1ccc2c(c1)OCCO2. The van der Waals surface area contributed by atoms with Crippen molar-refractivity contribution in [2.75, 3.05) is 32.8 Å². The summed E-state index contributed by atoms with van der Waals surface area (Å²) in [6.45, 7) is 8.74. The van der Waals surface area contributed by atoms with Crippen LogP contribution in [0.3, 0.4) is 0 Å². The molecule has 1 saturated heterocycles. The van der Waals surface area contributed by atoms with Crippen molar-refractivity contribution in [2.45, 2.75) is 64.8 Å². The van der Waals surface area contributed by atoms with Crippen LogP contribution < -0.4 is 14.8 Å². The Morgan fingerprint density at radius 2 is 1.96 bits per heavy atom. The number of carbonyl (C=O) groups is 1. The Balaban J connectivity index is 1.38. The van der Waals surface area contributed by atoms with Gasteiger partial charge in [0.1, 0.15) is 13.2 Å². The Hall–Kier alpha value is -1.75. The number of benzene rings is 1. The first-order valence-corrected chi connectivity index (χ1v) is 11.1. The van der Waals surface area contributed by atoms with Gasteiger partial charge >= 0.3 is 0 Å². The zero-order valence-electron chi connectivity index (χ0n) is 17.5. The number of likely N-dealkylation sites (tertiary alicyclic amines) is 1. The number of carbonyl (C=O) groups excluding carboxylic acids is 1. The van der Waals surface area contributed by atoms with E-state index >= 15 is 0 Å². The zero-order valence-corrected chi connectivity index (χ0v) is 17.5. The van der Waals surface area contributed by atoms with Gasteiger partial charge < -0.3 is 19.7 Å². The van der Waals surface area contributed by atoms with Crippen molar-refractivity contribution >= 4 is 5.91 Å². The number of nitrogens with zero attached hydrogens (tertiary/aromatic N) is 1. The first kappa shape index (κ1) is 21.0. The maximum atomic E-state index is 11.9. The molecule has 28 heavy (non-hydrogen) atoms. The molecule has 2 aliphatic heterocycles. The molecule has 3 rings (SSSR count). The molecule has 0 bridgehead atoms. The summed E-state index contributed by atoms with van der Waals surface area (Å²) in [6, 6.07) is 6.83. The molecule has 2 heterocycles. The molecule has 2 aliphatic rings. The van der Waals surface area contributed by atoms with Crippen LogP contribution in [0.4, 0.5) is 0 Å². The van der Waals surface area contributed by atoms with Crippen molar-refractivity contribution in [1.82, 2.24) is 10.2 Å². The standard InChI is InChI=1S/C23H36N2O3/c1-3-20(24-11-5-7-13-25-12-6-4-8-23(25)26)18(2)16-19-9-10-21-22(17-19)28-15-14-27-21/h9-10,17-18,20,24H,3-8,11-16H2,1-2H3. The van der Waals surface area contributed by atoms with Crippen LogP contribution in [-0.2, 0) is 11.2 Å². The van der Waals surface area contributed by atoms with Gasteiger partial charge in [-0.25, -0.2) is 0 Å². The van der Waals surface area contributed by atoms with E-state index in [0.717, 1.165) is 69.7 Å². The van der Waals surface area contributed by atoms with Gasteiger partial charge in [-0.3, -0.25) is 4.79 Å². The Morgan fingerprint density at radius 3 is 2.75 bits per heavy atom. The first-order valence-electron chi connectivity index (χ1n) is 11.1. The van der Waals surface area contributed by atoms with Crippen LogP contribution in [0, 0.1) is 5.92 Å². The molecule has 5 heteroatoms. The highest BCUT2D eigenvalue weighted by atomic mass is 16.6. The summed E-state index contributed by atoms with van der Waals surface area (Å²) >= 11 is 0. The van der Waals surface area contributed by atoms with Gasteiger partial charge in [0.05, 0.1) is 0 Å². The summed E-state index contributed by atoms with van der Waals surface area (Å²) < 4.78 is 11.3. The number of amides is 1. The van der Waals surface area contributed by atoms with Gasteiger partial charge in [-0.15, -0.1) is 0 Å². The van der Waals surface area contributed by atoms with Crippen LogP contribution in [0.5, 0.6) is 11.5 Å². The Kier molecular flexibility index (Phi) is 8.01. The second kappa shape index (κ2) is 10.7. The average Bonchev–Trinajstić information content (AvgIpc) is 2.71. The largest absolute Gasteiger partial charge is 0.486 e. The molecule has 1 fully saturated rings. The lowest BCUT2D eigenvalue weighted by atomic mass is 9.92. The molecule has 0 radical (unpaired) electrons. The molecule has 1 amide bonds. The van der Waals surface area contributed by atoms with Crippen LogP contribution in [0.25, 0.3) is 0 Å². The number of piperidine rings is 1. The summed E-state index contributed by atoms with van der Waals surface area (Å²) in [7, 11) is 0. The van der Waals surface area contributed by atoms with Crippen molar-refractivity contribution in [3.05, 3.63) is 23.8 Å². The maximum Gasteiger partial charge on any atom is 0.222 e. The minimum atomic E-state index is 0.346. The lowest BCUT2D eigenvalue weighted by Gasteiger charge is -2.27. The molecule has 2 atom stereocenters. The number of hydrogen-bond donors (Lipinski definition) is 1. The van der Waals surface area contributed by atoms with Crippen LogP contribution in [0.15, 0.2) is 18.2 Å². The molecule has 1 aromatic carbocycles. The predicted molar refractivity (Wildman–Crippen MR) is 112 cm³/mol. The number of unbranched alkanes of at least 4 members (excludes halogenated alkanes) is 1. The topological polar surface area (TPSA) is 50.8 Å². The summed E-state index contributed by atoms with van der Waals surface area (Å²) in [5.74, 6) is 2.64. The third-order valence-electron chi connectivity index (χ3n) is 5.97. The fourth-order valence-corrected chi connectivity index (χ4v) is 4.29. The fourth-order valence-electron chi connectivity index (χ4n) is 4.29. The molecule has 0 saturated carbocycles. The maximum absolute atomic E-state index is 11.9. The van der Waals surface area contributed by atoms with Gasteiger partial charge in [-0.05, 0) is 68.7 Å². The zero-order chi connectivity index (χ0) is 19.8. The molecule has 2 unspecified atom stereocenters. The molecule has 0 aromatic heterocycles. The molecular formula is C23H36N2O3.